The molecule has 1 aliphatic heterocycles. The van der Waals surface area contributed by atoms with Crippen LogP contribution in [0.3, 0.4) is 0 Å². The SMILES string of the molecule is CC(c1ccco1)N(C)C(=O)c1ccc(F)c(S(=O)(=O)N2CCCCC2)c1. The van der Waals surface area contributed by atoms with E-state index < -0.39 is 26.6 Å². The van der Waals surface area contributed by atoms with Crippen molar-refractivity contribution in [3.63, 3.8) is 0 Å². The summed E-state index contributed by atoms with van der Waals surface area (Å²) in [6.07, 6.45) is 3.99. The molecule has 1 atom stereocenters. The lowest BCUT2D eigenvalue weighted by Gasteiger charge is -2.27. The fourth-order valence-corrected chi connectivity index (χ4v) is 4.79. The number of halogens is 1. The van der Waals surface area contributed by atoms with Gasteiger partial charge in [-0.05, 0) is 50.1 Å². The zero-order chi connectivity index (χ0) is 19.6. The van der Waals surface area contributed by atoms with Gasteiger partial charge < -0.3 is 9.32 Å². The van der Waals surface area contributed by atoms with Crippen molar-refractivity contribution in [2.75, 3.05) is 20.1 Å². The molecule has 0 saturated carbocycles. The molecule has 1 amide bonds. The van der Waals surface area contributed by atoms with Crippen molar-refractivity contribution in [1.82, 2.24) is 9.21 Å². The molecule has 1 aliphatic rings. The number of nitrogens with zero attached hydrogens (tertiary/aromatic N) is 2. The Morgan fingerprint density at radius 2 is 1.93 bits per heavy atom. The number of benzene rings is 1. The molecule has 1 unspecified atom stereocenters. The summed E-state index contributed by atoms with van der Waals surface area (Å²) in [7, 11) is -2.37. The third kappa shape index (κ3) is 3.91. The van der Waals surface area contributed by atoms with Crippen molar-refractivity contribution in [2.45, 2.75) is 37.1 Å². The zero-order valence-corrected chi connectivity index (χ0v) is 16.2. The predicted molar refractivity (Wildman–Crippen MR) is 98.2 cm³/mol. The van der Waals surface area contributed by atoms with Crippen LogP contribution in [-0.4, -0.2) is 43.7 Å². The van der Waals surface area contributed by atoms with Gasteiger partial charge in [0, 0.05) is 25.7 Å². The van der Waals surface area contributed by atoms with Crippen LogP contribution >= 0.6 is 0 Å². The van der Waals surface area contributed by atoms with E-state index in [9.17, 15) is 17.6 Å². The Kier molecular flexibility index (Phi) is 5.67. The number of sulfonamides is 1. The topological polar surface area (TPSA) is 70.8 Å². The van der Waals surface area contributed by atoms with E-state index >= 15 is 0 Å². The molecule has 0 radical (unpaired) electrons. The molecule has 2 heterocycles. The summed E-state index contributed by atoms with van der Waals surface area (Å²) in [6.45, 7) is 2.54. The van der Waals surface area contributed by atoms with Crippen molar-refractivity contribution < 1.29 is 22.0 Å². The highest BCUT2D eigenvalue weighted by Gasteiger charge is 2.30. The van der Waals surface area contributed by atoms with E-state index in [0.717, 1.165) is 31.4 Å². The Bertz CT molecular complexity index is 906. The molecule has 0 bridgehead atoms. The van der Waals surface area contributed by atoms with E-state index in [-0.39, 0.29) is 11.6 Å². The van der Waals surface area contributed by atoms with E-state index in [0.29, 0.717) is 18.8 Å². The number of hydrogen-bond donors (Lipinski definition) is 0. The number of amides is 1. The van der Waals surface area contributed by atoms with Gasteiger partial charge >= 0.3 is 0 Å². The Hall–Kier alpha value is -2.19. The maximum atomic E-state index is 14.3. The van der Waals surface area contributed by atoms with Crippen LogP contribution in [0.2, 0.25) is 0 Å². The maximum absolute atomic E-state index is 14.3. The summed E-state index contributed by atoms with van der Waals surface area (Å²) in [5, 5.41) is 0. The third-order valence-corrected chi connectivity index (χ3v) is 6.88. The van der Waals surface area contributed by atoms with Gasteiger partial charge in [0.2, 0.25) is 10.0 Å². The molecule has 1 aromatic carbocycles. The highest BCUT2D eigenvalue weighted by Crippen LogP contribution is 2.26. The standard InChI is InChI=1S/C19H23FN2O4S/c1-14(17-7-6-12-26-17)21(2)19(23)15-8-9-16(20)18(13-15)27(24,25)22-10-4-3-5-11-22/h6-9,12-14H,3-5,10-11H2,1-2H3. The summed E-state index contributed by atoms with van der Waals surface area (Å²) in [5.41, 5.74) is 0.118. The summed E-state index contributed by atoms with van der Waals surface area (Å²) < 4.78 is 46.6. The average molecular weight is 394 g/mol. The largest absolute Gasteiger partial charge is 0.467 e. The number of carbonyl (C=O) groups excluding carboxylic acids is 1. The lowest BCUT2D eigenvalue weighted by atomic mass is 10.1. The molecule has 6 nitrogen and oxygen atoms in total. The van der Waals surface area contributed by atoms with Crippen LogP contribution in [0.15, 0.2) is 45.9 Å². The van der Waals surface area contributed by atoms with Crippen LogP contribution in [0.5, 0.6) is 0 Å². The molecule has 1 saturated heterocycles. The first-order chi connectivity index (χ1) is 12.8. The molecular formula is C19H23FN2O4S. The Morgan fingerprint density at radius 1 is 1.22 bits per heavy atom. The number of piperidine rings is 1. The quantitative estimate of drug-likeness (QED) is 0.779. The van der Waals surface area contributed by atoms with Gasteiger partial charge in [-0.25, -0.2) is 12.8 Å². The average Bonchev–Trinajstić information content (AvgIpc) is 3.22. The Labute approximate surface area is 158 Å². The molecular weight excluding hydrogens is 371 g/mol. The van der Waals surface area contributed by atoms with Crippen LogP contribution in [0.4, 0.5) is 4.39 Å². The molecule has 0 aliphatic carbocycles. The third-order valence-electron chi connectivity index (χ3n) is 4.97. The lowest BCUT2D eigenvalue weighted by molar-refractivity contribution is 0.0726. The second-order valence-electron chi connectivity index (χ2n) is 6.72. The highest BCUT2D eigenvalue weighted by atomic mass is 32.2. The number of furan rings is 1. The van der Waals surface area contributed by atoms with Gasteiger partial charge in [0.1, 0.15) is 16.5 Å². The molecule has 3 rings (SSSR count). The van der Waals surface area contributed by atoms with Crippen LogP contribution in [0, 0.1) is 5.82 Å². The van der Waals surface area contributed by atoms with Gasteiger partial charge in [-0.15, -0.1) is 0 Å². The summed E-state index contributed by atoms with van der Waals surface area (Å²) in [4.78, 5) is 13.8. The van der Waals surface area contributed by atoms with Crippen molar-refractivity contribution in [1.29, 1.82) is 0 Å². The lowest BCUT2D eigenvalue weighted by Crippen LogP contribution is -2.36. The number of rotatable bonds is 5. The molecule has 1 fully saturated rings. The van der Waals surface area contributed by atoms with Gasteiger partial charge in [0.25, 0.3) is 5.91 Å². The van der Waals surface area contributed by atoms with E-state index in [2.05, 4.69) is 0 Å². The monoisotopic (exact) mass is 394 g/mol. The zero-order valence-electron chi connectivity index (χ0n) is 15.4. The first-order valence-corrected chi connectivity index (χ1v) is 10.4. The number of carbonyl (C=O) groups is 1. The normalized spacial score (nSPS) is 16.9. The predicted octanol–water partition coefficient (Wildman–Crippen LogP) is 3.43. The molecule has 8 heteroatoms. The van der Waals surface area contributed by atoms with Crippen LogP contribution < -0.4 is 0 Å². The fourth-order valence-electron chi connectivity index (χ4n) is 3.18. The van der Waals surface area contributed by atoms with Crippen molar-refractivity contribution in [3.05, 3.63) is 53.7 Å². The van der Waals surface area contributed by atoms with E-state index in [1.165, 1.54) is 21.5 Å². The fraction of sp³-hybridized carbons (Fsp3) is 0.421. The maximum Gasteiger partial charge on any atom is 0.254 e. The Morgan fingerprint density at radius 3 is 2.56 bits per heavy atom. The van der Waals surface area contributed by atoms with E-state index in [4.69, 9.17) is 4.42 Å². The molecule has 2 aromatic rings. The minimum absolute atomic E-state index is 0.118. The van der Waals surface area contributed by atoms with Crippen molar-refractivity contribution >= 4 is 15.9 Å². The first-order valence-electron chi connectivity index (χ1n) is 8.92. The van der Waals surface area contributed by atoms with Gasteiger partial charge in [-0.3, -0.25) is 4.79 Å². The highest BCUT2D eigenvalue weighted by molar-refractivity contribution is 7.89. The van der Waals surface area contributed by atoms with Crippen LogP contribution in [0.25, 0.3) is 0 Å². The molecule has 0 spiro atoms. The van der Waals surface area contributed by atoms with Crippen molar-refractivity contribution in [3.8, 4) is 0 Å². The van der Waals surface area contributed by atoms with Crippen molar-refractivity contribution in [2.24, 2.45) is 0 Å². The smallest absolute Gasteiger partial charge is 0.254 e. The molecule has 0 N–H and O–H groups in total. The molecule has 146 valence electrons. The van der Waals surface area contributed by atoms with Gasteiger partial charge in [-0.2, -0.15) is 4.31 Å². The van der Waals surface area contributed by atoms with Gasteiger partial charge in [0.15, 0.2) is 0 Å². The number of hydrogen-bond acceptors (Lipinski definition) is 4. The van der Waals surface area contributed by atoms with Crippen LogP contribution in [-0.2, 0) is 10.0 Å². The summed E-state index contributed by atoms with van der Waals surface area (Å²) in [6, 6.07) is 6.61. The van der Waals surface area contributed by atoms with Gasteiger partial charge in [0.05, 0.1) is 12.3 Å². The second-order valence-corrected chi connectivity index (χ2v) is 8.62. The van der Waals surface area contributed by atoms with Crippen LogP contribution in [0.1, 0.15) is 48.3 Å². The van der Waals surface area contributed by atoms with E-state index in [1.807, 2.05) is 0 Å². The minimum atomic E-state index is -3.97. The minimum Gasteiger partial charge on any atom is -0.467 e. The summed E-state index contributed by atoms with van der Waals surface area (Å²) in [5.74, 6) is -0.651. The molecule has 1 aromatic heterocycles. The molecule has 27 heavy (non-hydrogen) atoms. The Balaban J connectivity index is 1.89. The second kappa shape index (κ2) is 7.82. The summed E-state index contributed by atoms with van der Waals surface area (Å²) >= 11 is 0. The van der Waals surface area contributed by atoms with Gasteiger partial charge in [-0.1, -0.05) is 6.42 Å². The van der Waals surface area contributed by atoms with E-state index in [1.54, 1.807) is 26.1 Å². The first kappa shape index (κ1) is 19.6.